The van der Waals surface area contributed by atoms with Crippen molar-refractivity contribution in [2.45, 2.75) is 37.8 Å². The van der Waals surface area contributed by atoms with Crippen LogP contribution in [0.1, 0.15) is 42.9 Å². The number of rotatable bonds is 5. The molecule has 3 N–H and O–H groups in total. The minimum Gasteiger partial charge on any atom is -0.469 e. The van der Waals surface area contributed by atoms with Crippen molar-refractivity contribution in [1.82, 2.24) is 15.6 Å². The maximum absolute atomic E-state index is 13.3. The predicted molar refractivity (Wildman–Crippen MR) is 127 cm³/mol. The number of methoxy groups -OCH3 is 1. The zero-order valence-electron chi connectivity index (χ0n) is 18.3. The van der Waals surface area contributed by atoms with E-state index in [-0.39, 0.29) is 29.4 Å². The Hall–Kier alpha value is -3.32. The Balaban J connectivity index is 1.54. The van der Waals surface area contributed by atoms with E-state index in [9.17, 15) is 14.4 Å². The summed E-state index contributed by atoms with van der Waals surface area (Å²) in [7, 11) is 1.40. The summed E-state index contributed by atoms with van der Waals surface area (Å²) in [5.41, 5.74) is 1.68. The van der Waals surface area contributed by atoms with Gasteiger partial charge in [0.15, 0.2) is 5.43 Å². The Morgan fingerprint density at radius 3 is 2.52 bits per heavy atom. The molecule has 33 heavy (non-hydrogen) atoms. The SMILES string of the molecule is COC(=O)C1CCC(NC(=O)NC(c2ccccc2)c2c[nH]c3cc(Cl)ccc3c2=O)CC1. The lowest BCUT2D eigenvalue weighted by Crippen LogP contribution is -2.46. The molecule has 0 saturated heterocycles. The number of hydrogen-bond acceptors (Lipinski definition) is 4. The number of carbonyl (C=O) groups is 2. The Morgan fingerprint density at radius 1 is 1.09 bits per heavy atom. The molecule has 1 heterocycles. The van der Waals surface area contributed by atoms with E-state index in [1.54, 1.807) is 24.4 Å². The molecule has 7 nitrogen and oxygen atoms in total. The number of amides is 2. The van der Waals surface area contributed by atoms with Crippen molar-refractivity contribution in [3.05, 3.63) is 81.1 Å². The molecule has 1 aliphatic carbocycles. The molecule has 4 rings (SSSR count). The van der Waals surface area contributed by atoms with Crippen molar-refractivity contribution >= 4 is 34.5 Å². The Bertz CT molecular complexity index is 1200. The van der Waals surface area contributed by atoms with Gasteiger partial charge in [0.1, 0.15) is 0 Å². The van der Waals surface area contributed by atoms with Crippen molar-refractivity contribution in [3.63, 3.8) is 0 Å². The Labute approximate surface area is 196 Å². The second-order valence-corrected chi connectivity index (χ2v) is 8.73. The molecule has 0 aliphatic heterocycles. The van der Waals surface area contributed by atoms with E-state index < -0.39 is 6.04 Å². The number of ether oxygens (including phenoxy) is 1. The van der Waals surface area contributed by atoms with Gasteiger partial charge in [-0.05, 0) is 49.4 Å². The molecule has 1 aliphatic rings. The molecule has 1 fully saturated rings. The van der Waals surface area contributed by atoms with Gasteiger partial charge in [0, 0.05) is 28.2 Å². The number of nitrogens with one attached hydrogen (secondary N) is 3. The van der Waals surface area contributed by atoms with Gasteiger partial charge in [-0.3, -0.25) is 9.59 Å². The smallest absolute Gasteiger partial charge is 0.315 e. The van der Waals surface area contributed by atoms with E-state index in [1.165, 1.54) is 7.11 Å². The Morgan fingerprint density at radius 2 is 1.82 bits per heavy atom. The molecule has 2 aromatic carbocycles. The minimum atomic E-state index is -0.638. The third-order valence-corrected chi connectivity index (χ3v) is 6.42. The minimum absolute atomic E-state index is 0.0423. The lowest BCUT2D eigenvalue weighted by atomic mass is 9.86. The summed E-state index contributed by atoms with van der Waals surface area (Å²) in [4.78, 5) is 41.1. The van der Waals surface area contributed by atoms with Crippen molar-refractivity contribution in [2.75, 3.05) is 7.11 Å². The number of H-pyrrole nitrogens is 1. The van der Waals surface area contributed by atoms with Gasteiger partial charge >= 0.3 is 12.0 Å². The largest absolute Gasteiger partial charge is 0.469 e. The third kappa shape index (κ3) is 5.20. The first kappa shape index (κ1) is 22.9. The van der Waals surface area contributed by atoms with Crippen LogP contribution in [-0.4, -0.2) is 30.1 Å². The van der Waals surface area contributed by atoms with Crippen LogP contribution in [0.15, 0.2) is 59.5 Å². The summed E-state index contributed by atoms with van der Waals surface area (Å²) in [6.45, 7) is 0. The number of benzene rings is 2. The van der Waals surface area contributed by atoms with E-state index in [4.69, 9.17) is 16.3 Å². The van der Waals surface area contributed by atoms with Crippen molar-refractivity contribution in [1.29, 1.82) is 0 Å². The van der Waals surface area contributed by atoms with Gasteiger partial charge in [0.05, 0.1) is 24.6 Å². The molecule has 2 amide bonds. The van der Waals surface area contributed by atoms with Crippen LogP contribution in [0, 0.1) is 5.92 Å². The van der Waals surface area contributed by atoms with Crippen LogP contribution < -0.4 is 16.1 Å². The summed E-state index contributed by atoms with van der Waals surface area (Å²) in [6.07, 6.45) is 4.36. The topological polar surface area (TPSA) is 100 Å². The standard InChI is InChI=1S/C25H26ClN3O4/c1-33-24(31)16-7-10-18(11-8-16)28-25(32)29-22(15-5-3-2-4-6-15)20-14-27-21-13-17(26)9-12-19(21)23(20)30/h2-6,9,12-14,16,18,22H,7-8,10-11H2,1H3,(H,27,30)(H2,28,29,32). The second kappa shape index (κ2) is 10.1. The summed E-state index contributed by atoms with van der Waals surface area (Å²) >= 11 is 6.05. The van der Waals surface area contributed by atoms with E-state index >= 15 is 0 Å². The summed E-state index contributed by atoms with van der Waals surface area (Å²) < 4.78 is 4.83. The number of aromatic amines is 1. The molecule has 0 radical (unpaired) electrons. The summed E-state index contributed by atoms with van der Waals surface area (Å²) in [5.74, 6) is -0.309. The van der Waals surface area contributed by atoms with Crippen LogP contribution in [-0.2, 0) is 9.53 Å². The molecular formula is C25H26ClN3O4. The molecule has 0 bridgehead atoms. The summed E-state index contributed by atoms with van der Waals surface area (Å²) in [5, 5.41) is 7.00. The van der Waals surface area contributed by atoms with Gasteiger partial charge in [0.2, 0.25) is 0 Å². The van der Waals surface area contributed by atoms with Gasteiger partial charge in [-0.2, -0.15) is 0 Å². The number of halogens is 1. The molecular weight excluding hydrogens is 442 g/mol. The van der Waals surface area contributed by atoms with Crippen molar-refractivity contribution in [3.8, 4) is 0 Å². The summed E-state index contributed by atoms with van der Waals surface area (Å²) in [6, 6.07) is 13.4. The van der Waals surface area contributed by atoms with Gasteiger partial charge in [-0.1, -0.05) is 41.9 Å². The maximum Gasteiger partial charge on any atom is 0.315 e. The highest BCUT2D eigenvalue weighted by atomic mass is 35.5. The molecule has 1 aromatic heterocycles. The van der Waals surface area contributed by atoms with Crippen LogP contribution in [0.5, 0.6) is 0 Å². The number of pyridine rings is 1. The average Bonchev–Trinajstić information content (AvgIpc) is 2.83. The lowest BCUT2D eigenvalue weighted by molar-refractivity contribution is -0.146. The first-order valence-corrected chi connectivity index (χ1v) is 11.3. The van der Waals surface area contributed by atoms with E-state index in [0.717, 1.165) is 5.56 Å². The van der Waals surface area contributed by atoms with Crippen molar-refractivity contribution < 1.29 is 14.3 Å². The fourth-order valence-electron chi connectivity index (χ4n) is 4.41. The molecule has 8 heteroatoms. The fraction of sp³-hybridized carbons (Fsp3) is 0.320. The zero-order chi connectivity index (χ0) is 23.4. The van der Waals surface area contributed by atoms with Crippen LogP contribution in [0.2, 0.25) is 5.02 Å². The van der Waals surface area contributed by atoms with Gasteiger partial charge in [0.25, 0.3) is 0 Å². The van der Waals surface area contributed by atoms with Crippen LogP contribution in [0.4, 0.5) is 4.79 Å². The highest BCUT2D eigenvalue weighted by molar-refractivity contribution is 6.31. The first-order valence-electron chi connectivity index (χ1n) is 11.0. The van der Waals surface area contributed by atoms with Crippen molar-refractivity contribution in [2.24, 2.45) is 5.92 Å². The van der Waals surface area contributed by atoms with Crippen LogP contribution >= 0.6 is 11.6 Å². The van der Waals surface area contributed by atoms with Crippen LogP contribution in [0.25, 0.3) is 10.9 Å². The lowest BCUT2D eigenvalue weighted by Gasteiger charge is -2.28. The number of urea groups is 1. The number of carbonyl (C=O) groups excluding carboxylic acids is 2. The number of esters is 1. The van der Waals surface area contributed by atoms with E-state index in [1.807, 2.05) is 30.3 Å². The molecule has 1 unspecified atom stereocenters. The fourth-order valence-corrected chi connectivity index (χ4v) is 4.58. The monoisotopic (exact) mass is 467 g/mol. The molecule has 0 spiro atoms. The zero-order valence-corrected chi connectivity index (χ0v) is 19.0. The quantitative estimate of drug-likeness (QED) is 0.487. The molecule has 1 atom stereocenters. The number of aromatic nitrogens is 1. The number of hydrogen-bond donors (Lipinski definition) is 3. The van der Waals surface area contributed by atoms with E-state index in [0.29, 0.717) is 47.2 Å². The number of fused-ring (bicyclic) bond motifs is 1. The van der Waals surface area contributed by atoms with Gasteiger partial charge < -0.3 is 20.4 Å². The maximum atomic E-state index is 13.3. The van der Waals surface area contributed by atoms with E-state index in [2.05, 4.69) is 15.6 Å². The molecule has 3 aromatic rings. The van der Waals surface area contributed by atoms with Gasteiger partial charge in [-0.15, -0.1) is 0 Å². The average molecular weight is 468 g/mol. The highest BCUT2D eigenvalue weighted by Gasteiger charge is 2.28. The van der Waals surface area contributed by atoms with Crippen LogP contribution in [0.3, 0.4) is 0 Å². The molecule has 172 valence electrons. The Kier molecular flexibility index (Phi) is 6.99. The highest BCUT2D eigenvalue weighted by Crippen LogP contribution is 2.26. The predicted octanol–water partition coefficient (Wildman–Crippen LogP) is 4.30. The van der Waals surface area contributed by atoms with Gasteiger partial charge in [-0.25, -0.2) is 4.79 Å². The normalized spacial score (nSPS) is 19.0. The second-order valence-electron chi connectivity index (χ2n) is 8.30. The third-order valence-electron chi connectivity index (χ3n) is 6.19. The molecule has 1 saturated carbocycles. The first-order chi connectivity index (χ1) is 16.0.